The Hall–Kier alpha value is -2.12. The molecule has 0 aliphatic carbocycles. The van der Waals surface area contributed by atoms with Gasteiger partial charge in [-0.25, -0.2) is 0 Å². The minimum Gasteiger partial charge on any atom is -0.325 e. The quantitative estimate of drug-likeness (QED) is 0.592. The van der Waals surface area contributed by atoms with Gasteiger partial charge < -0.3 is 5.32 Å². The number of thioether (sulfide) groups is 1. The van der Waals surface area contributed by atoms with E-state index in [0.29, 0.717) is 5.16 Å². The van der Waals surface area contributed by atoms with Crippen LogP contribution in [0.5, 0.6) is 0 Å². The number of carbonyl (C=O) groups is 1. The molecule has 0 spiro atoms. The van der Waals surface area contributed by atoms with E-state index >= 15 is 0 Å². The summed E-state index contributed by atoms with van der Waals surface area (Å²) in [7, 11) is 0. The van der Waals surface area contributed by atoms with Gasteiger partial charge in [-0.3, -0.25) is 9.36 Å². The fraction of sp³-hybridized carbons (Fsp3) is 0.211. The molecule has 3 aromatic rings. The normalized spacial score (nSPS) is 12.0. The third kappa shape index (κ3) is 4.34. The van der Waals surface area contributed by atoms with Gasteiger partial charge in [0.1, 0.15) is 5.82 Å². The van der Waals surface area contributed by atoms with E-state index in [1.165, 1.54) is 11.8 Å². The van der Waals surface area contributed by atoms with Crippen LogP contribution in [-0.4, -0.2) is 25.9 Å². The molecule has 1 aromatic heterocycles. The number of aryl methyl sites for hydroxylation is 2. The number of nitrogens with one attached hydrogen (secondary N) is 1. The Morgan fingerprint density at radius 3 is 2.65 bits per heavy atom. The Bertz CT molecular complexity index is 941. The van der Waals surface area contributed by atoms with Gasteiger partial charge in [0, 0.05) is 15.8 Å². The number of hydrogen-bond donors (Lipinski definition) is 1. The van der Waals surface area contributed by atoms with Crippen molar-refractivity contribution in [3.63, 3.8) is 0 Å². The maximum Gasteiger partial charge on any atom is 0.237 e. The van der Waals surface area contributed by atoms with Gasteiger partial charge in [0.15, 0.2) is 5.16 Å². The second-order valence-electron chi connectivity index (χ2n) is 5.96. The summed E-state index contributed by atoms with van der Waals surface area (Å²) in [4.78, 5) is 12.5. The number of halogens is 1. The molecular weight excluding hydrogens is 412 g/mol. The highest BCUT2D eigenvalue weighted by Crippen LogP contribution is 2.27. The highest BCUT2D eigenvalue weighted by Gasteiger charge is 2.20. The summed E-state index contributed by atoms with van der Waals surface area (Å²) in [5, 5.41) is 11.7. The molecule has 134 valence electrons. The first-order valence-corrected chi connectivity index (χ1v) is 9.83. The van der Waals surface area contributed by atoms with E-state index in [1.54, 1.807) is 0 Å². The van der Waals surface area contributed by atoms with E-state index in [4.69, 9.17) is 0 Å². The van der Waals surface area contributed by atoms with Crippen molar-refractivity contribution >= 4 is 39.3 Å². The highest BCUT2D eigenvalue weighted by atomic mass is 79.9. The van der Waals surface area contributed by atoms with Crippen LogP contribution in [-0.2, 0) is 4.79 Å². The summed E-state index contributed by atoms with van der Waals surface area (Å²) < 4.78 is 2.89. The minimum absolute atomic E-state index is 0.0791. The largest absolute Gasteiger partial charge is 0.325 e. The van der Waals surface area contributed by atoms with Crippen LogP contribution >= 0.6 is 27.7 Å². The first kappa shape index (κ1) is 18.7. The van der Waals surface area contributed by atoms with Gasteiger partial charge in [0.25, 0.3) is 0 Å². The Labute approximate surface area is 165 Å². The molecule has 1 amide bonds. The van der Waals surface area contributed by atoms with Crippen molar-refractivity contribution in [2.45, 2.75) is 31.2 Å². The fourth-order valence-corrected chi connectivity index (χ4v) is 3.82. The van der Waals surface area contributed by atoms with Gasteiger partial charge in [0.05, 0.1) is 5.25 Å². The van der Waals surface area contributed by atoms with E-state index in [2.05, 4.69) is 37.5 Å². The Morgan fingerprint density at radius 1 is 1.15 bits per heavy atom. The zero-order valence-electron chi connectivity index (χ0n) is 14.7. The molecule has 1 N–H and O–H groups in total. The summed E-state index contributed by atoms with van der Waals surface area (Å²) in [5.74, 6) is 0.710. The lowest BCUT2D eigenvalue weighted by molar-refractivity contribution is -0.115. The average Bonchev–Trinajstić information content (AvgIpc) is 2.95. The van der Waals surface area contributed by atoms with Crippen molar-refractivity contribution in [1.82, 2.24) is 14.8 Å². The van der Waals surface area contributed by atoms with Crippen molar-refractivity contribution in [3.8, 4) is 5.69 Å². The van der Waals surface area contributed by atoms with Gasteiger partial charge in [-0.2, -0.15) is 0 Å². The van der Waals surface area contributed by atoms with Gasteiger partial charge in [-0.1, -0.05) is 45.9 Å². The van der Waals surface area contributed by atoms with Crippen molar-refractivity contribution < 1.29 is 4.79 Å². The van der Waals surface area contributed by atoms with Crippen LogP contribution in [0.15, 0.2) is 58.2 Å². The van der Waals surface area contributed by atoms with Crippen LogP contribution in [0.4, 0.5) is 5.69 Å². The Morgan fingerprint density at radius 2 is 1.92 bits per heavy atom. The first-order valence-electron chi connectivity index (χ1n) is 8.16. The number of nitrogens with zero attached hydrogens (tertiary/aromatic N) is 3. The molecule has 1 atom stereocenters. The molecule has 2 aromatic carbocycles. The monoisotopic (exact) mass is 430 g/mol. The van der Waals surface area contributed by atoms with Gasteiger partial charge >= 0.3 is 0 Å². The average molecular weight is 431 g/mol. The molecule has 0 aliphatic heterocycles. The van der Waals surface area contributed by atoms with Crippen LogP contribution in [0.3, 0.4) is 0 Å². The second-order valence-corrected chi connectivity index (χ2v) is 8.19. The van der Waals surface area contributed by atoms with Crippen LogP contribution in [0.25, 0.3) is 5.69 Å². The van der Waals surface area contributed by atoms with Crippen LogP contribution in [0.2, 0.25) is 0 Å². The second kappa shape index (κ2) is 8.05. The molecule has 5 nitrogen and oxygen atoms in total. The predicted molar refractivity (Wildman–Crippen MR) is 109 cm³/mol. The molecule has 1 heterocycles. The fourth-order valence-electron chi connectivity index (χ4n) is 2.51. The molecular formula is C19H19BrN4OS. The van der Waals surface area contributed by atoms with Crippen LogP contribution in [0, 0.1) is 13.8 Å². The molecule has 26 heavy (non-hydrogen) atoms. The van der Waals surface area contributed by atoms with Crippen LogP contribution in [0.1, 0.15) is 18.3 Å². The third-order valence-corrected chi connectivity index (χ3v) is 5.33. The molecule has 0 saturated heterocycles. The van der Waals surface area contributed by atoms with Gasteiger partial charge in [0.2, 0.25) is 5.91 Å². The summed E-state index contributed by atoms with van der Waals surface area (Å²) in [6, 6.07) is 15.7. The maximum atomic E-state index is 12.5. The maximum absolute atomic E-state index is 12.5. The number of carbonyl (C=O) groups excluding carboxylic acids is 1. The van der Waals surface area contributed by atoms with E-state index in [9.17, 15) is 4.79 Å². The van der Waals surface area contributed by atoms with E-state index in [1.807, 2.05) is 67.8 Å². The van der Waals surface area contributed by atoms with E-state index in [0.717, 1.165) is 27.2 Å². The lowest BCUT2D eigenvalue weighted by atomic mass is 10.2. The third-order valence-electron chi connectivity index (χ3n) is 3.80. The molecule has 0 aliphatic rings. The standard InChI is InChI=1S/C19H19BrN4OS/c1-12-6-4-9-17(10-12)24-14(3)22-23-19(24)26-13(2)18(25)21-16-8-5-7-15(20)11-16/h4-11,13H,1-3H3,(H,21,25). The zero-order chi connectivity index (χ0) is 18.7. The summed E-state index contributed by atoms with van der Waals surface area (Å²) >= 11 is 4.80. The lowest BCUT2D eigenvalue weighted by Crippen LogP contribution is -2.22. The lowest BCUT2D eigenvalue weighted by Gasteiger charge is -2.13. The summed E-state index contributed by atoms with van der Waals surface area (Å²) in [6.45, 7) is 5.82. The van der Waals surface area contributed by atoms with Crippen molar-refractivity contribution in [2.24, 2.45) is 0 Å². The predicted octanol–water partition coefficient (Wildman–Crippen LogP) is 4.77. The number of anilines is 1. The molecule has 3 rings (SSSR count). The number of aromatic nitrogens is 3. The number of benzene rings is 2. The van der Waals surface area contributed by atoms with Crippen molar-refractivity contribution in [1.29, 1.82) is 0 Å². The highest BCUT2D eigenvalue weighted by molar-refractivity contribution is 9.10. The first-order chi connectivity index (χ1) is 12.4. The smallest absolute Gasteiger partial charge is 0.237 e. The van der Waals surface area contributed by atoms with E-state index < -0.39 is 0 Å². The topological polar surface area (TPSA) is 59.8 Å². The molecule has 0 saturated carbocycles. The molecule has 0 bridgehead atoms. The van der Waals surface area contributed by atoms with Gasteiger partial charge in [-0.05, 0) is 56.7 Å². The SMILES string of the molecule is Cc1cccc(-n2c(C)nnc2SC(C)C(=O)Nc2cccc(Br)c2)c1. The molecule has 0 fully saturated rings. The Balaban J connectivity index is 1.77. The molecule has 1 unspecified atom stereocenters. The summed E-state index contributed by atoms with van der Waals surface area (Å²) in [5.41, 5.74) is 2.91. The van der Waals surface area contributed by atoms with E-state index in [-0.39, 0.29) is 11.2 Å². The molecule has 0 radical (unpaired) electrons. The zero-order valence-corrected chi connectivity index (χ0v) is 17.1. The van der Waals surface area contributed by atoms with Gasteiger partial charge in [-0.15, -0.1) is 10.2 Å². The van der Waals surface area contributed by atoms with Crippen LogP contribution < -0.4 is 5.32 Å². The minimum atomic E-state index is -0.318. The van der Waals surface area contributed by atoms with Crippen molar-refractivity contribution in [3.05, 3.63) is 64.4 Å². The number of rotatable bonds is 5. The Kier molecular flexibility index (Phi) is 5.78. The van der Waals surface area contributed by atoms with Crippen molar-refractivity contribution in [2.75, 3.05) is 5.32 Å². The molecule has 7 heteroatoms. The number of hydrogen-bond acceptors (Lipinski definition) is 4. The number of amides is 1. The summed E-state index contributed by atoms with van der Waals surface area (Å²) in [6.07, 6.45) is 0.